The first-order valence-electron chi connectivity index (χ1n) is 13.0. The highest BCUT2D eigenvalue weighted by molar-refractivity contribution is 5.90. The fourth-order valence-corrected chi connectivity index (χ4v) is 6.51. The van der Waals surface area contributed by atoms with Crippen LogP contribution in [0.3, 0.4) is 0 Å². The van der Waals surface area contributed by atoms with Gasteiger partial charge in [-0.05, 0) is 66.8 Å². The molecule has 0 saturated heterocycles. The standard InChI is InChI=1S/C28H32N7O2/c1-31-28(35-14-20(17-4-2-3-5-17)23-26(30)32-15-33-27(23)35)13-19(24(36)25(28)37)9-7-16-6-8-18-10-11-22(29)34-21(18)12-16/h1,6,8,10-12,14-15,17,19,24-25,36-37H,2-5,7,9,13H2,(H2,29,34)(H2,30,32,33)/q+1/t19-,24+,25+,28+/m0/s1. The van der Waals surface area contributed by atoms with E-state index in [1.807, 2.05) is 29.0 Å². The second-order valence-corrected chi connectivity index (χ2v) is 10.6. The largest absolute Gasteiger partial charge is 0.390 e. The number of aliphatic hydroxyl groups is 2. The first kappa shape index (κ1) is 23.6. The fraction of sp³-hybridized carbons (Fsp3) is 0.429. The first-order valence-corrected chi connectivity index (χ1v) is 13.0. The Labute approximate surface area is 215 Å². The van der Waals surface area contributed by atoms with E-state index >= 15 is 0 Å². The van der Waals surface area contributed by atoms with E-state index in [0.717, 1.165) is 53.1 Å². The number of benzene rings is 1. The number of pyridine rings is 1. The molecule has 0 radical (unpaired) electrons. The van der Waals surface area contributed by atoms with Gasteiger partial charge in [0.05, 0.1) is 23.4 Å². The third-order valence-electron chi connectivity index (χ3n) is 8.50. The van der Waals surface area contributed by atoms with E-state index in [0.29, 0.717) is 42.5 Å². The monoisotopic (exact) mass is 498 g/mol. The smallest absolute Gasteiger partial charge is 0.389 e. The van der Waals surface area contributed by atoms with Crippen LogP contribution in [0.15, 0.2) is 42.9 Å². The highest BCUT2D eigenvalue weighted by Gasteiger charge is 2.63. The number of nitrogen functional groups attached to an aromatic ring is 2. The lowest BCUT2D eigenvalue weighted by molar-refractivity contribution is -0.0112. The van der Waals surface area contributed by atoms with Gasteiger partial charge in [-0.15, -0.1) is 0 Å². The number of nitrogens with zero attached hydrogens (tertiary/aromatic N) is 5. The molecule has 3 aromatic heterocycles. The number of aliphatic hydroxyl groups excluding tert-OH is 2. The second kappa shape index (κ2) is 8.98. The Morgan fingerprint density at radius 2 is 1.89 bits per heavy atom. The van der Waals surface area contributed by atoms with Gasteiger partial charge in [0, 0.05) is 11.6 Å². The third kappa shape index (κ3) is 3.79. The molecule has 37 heavy (non-hydrogen) atoms. The summed E-state index contributed by atoms with van der Waals surface area (Å²) in [4.78, 5) is 17.4. The molecule has 4 atom stereocenters. The molecule has 2 fully saturated rings. The highest BCUT2D eigenvalue weighted by Crippen LogP contribution is 2.48. The molecule has 6 N–H and O–H groups in total. The number of fused-ring (bicyclic) bond motifs is 2. The van der Waals surface area contributed by atoms with Crippen molar-refractivity contribution in [1.29, 1.82) is 0 Å². The molecule has 4 aromatic rings. The van der Waals surface area contributed by atoms with Crippen molar-refractivity contribution in [1.82, 2.24) is 19.5 Å². The molecule has 3 heterocycles. The summed E-state index contributed by atoms with van der Waals surface area (Å²) in [5.74, 6) is 1.02. The van der Waals surface area contributed by atoms with Crippen LogP contribution in [0, 0.1) is 12.5 Å². The Morgan fingerprint density at radius 1 is 1.11 bits per heavy atom. The zero-order valence-electron chi connectivity index (χ0n) is 20.7. The molecule has 9 heteroatoms. The van der Waals surface area contributed by atoms with Crippen LogP contribution in [-0.4, -0.2) is 41.9 Å². The van der Waals surface area contributed by atoms with E-state index in [1.165, 1.54) is 6.33 Å². The maximum atomic E-state index is 11.4. The van der Waals surface area contributed by atoms with Crippen molar-refractivity contribution in [3.63, 3.8) is 0 Å². The number of hydrogen-bond donors (Lipinski definition) is 4. The van der Waals surface area contributed by atoms with Crippen LogP contribution >= 0.6 is 0 Å². The van der Waals surface area contributed by atoms with Crippen LogP contribution in [0.4, 0.5) is 11.6 Å². The van der Waals surface area contributed by atoms with Gasteiger partial charge in [-0.25, -0.2) is 15.0 Å². The molecule has 0 unspecified atom stereocenters. The number of aromatic nitrogens is 4. The van der Waals surface area contributed by atoms with Crippen LogP contribution in [0.25, 0.3) is 26.8 Å². The van der Waals surface area contributed by atoms with Gasteiger partial charge < -0.3 is 21.7 Å². The molecular formula is C28H32N7O2+. The molecule has 1 aromatic carbocycles. The van der Waals surface area contributed by atoms with Gasteiger partial charge in [-0.1, -0.05) is 29.8 Å². The highest BCUT2D eigenvalue weighted by atomic mass is 16.3. The van der Waals surface area contributed by atoms with Crippen molar-refractivity contribution in [2.24, 2.45) is 5.92 Å². The second-order valence-electron chi connectivity index (χ2n) is 10.6. The van der Waals surface area contributed by atoms with Gasteiger partial charge in [0.15, 0.2) is 11.8 Å². The van der Waals surface area contributed by atoms with Crippen LogP contribution in [0.1, 0.15) is 55.6 Å². The maximum Gasteiger partial charge on any atom is 0.389 e. The Hall–Kier alpha value is -3.74. The van der Waals surface area contributed by atoms with E-state index in [1.54, 1.807) is 6.07 Å². The predicted molar refractivity (Wildman–Crippen MR) is 144 cm³/mol. The molecule has 0 amide bonds. The van der Waals surface area contributed by atoms with Crippen LogP contribution in [0.5, 0.6) is 0 Å². The van der Waals surface area contributed by atoms with Crippen LogP contribution < -0.4 is 11.5 Å². The average Bonchev–Trinajstić information content (AvgIpc) is 3.62. The summed E-state index contributed by atoms with van der Waals surface area (Å²) in [6, 6.07) is 9.85. The Morgan fingerprint density at radius 3 is 2.68 bits per heavy atom. The third-order valence-corrected chi connectivity index (χ3v) is 8.50. The first-order chi connectivity index (χ1) is 17.9. The number of hydrogen-bond acceptors (Lipinski definition) is 7. The molecular weight excluding hydrogens is 466 g/mol. The quantitative estimate of drug-likeness (QED) is 0.328. The lowest BCUT2D eigenvalue weighted by Crippen LogP contribution is -2.42. The summed E-state index contributed by atoms with van der Waals surface area (Å²) in [7, 11) is 0. The molecule has 0 aliphatic heterocycles. The summed E-state index contributed by atoms with van der Waals surface area (Å²) in [6.07, 6.45) is 7.42. The number of nitrogens with two attached hydrogens (primary N) is 2. The molecule has 0 spiro atoms. The average molecular weight is 499 g/mol. The Balaban J connectivity index is 1.32. The van der Waals surface area contributed by atoms with Gasteiger partial charge in [-0.2, -0.15) is 0 Å². The number of rotatable bonds is 5. The van der Waals surface area contributed by atoms with Gasteiger partial charge in [0.25, 0.3) is 6.57 Å². The summed E-state index contributed by atoms with van der Waals surface area (Å²) in [6.45, 7) is 6.03. The Bertz CT molecular complexity index is 1520. The zero-order valence-corrected chi connectivity index (χ0v) is 20.7. The van der Waals surface area contributed by atoms with Crippen molar-refractivity contribution in [3.8, 4) is 6.57 Å². The normalized spacial score (nSPS) is 26.2. The van der Waals surface area contributed by atoms with Crippen molar-refractivity contribution in [3.05, 3.63) is 58.8 Å². The molecule has 6 rings (SSSR count). The lowest BCUT2D eigenvalue weighted by Gasteiger charge is -2.19. The molecule has 2 saturated carbocycles. The summed E-state index contributed by atoms with van der Waals surface area (Å²) in [5.41, 5.74) is 14.5. The summed E-state index contributed by atoms with van der Waals surface area (Å²) >= 11 is 0. The zero-order chi connectivity index (χ0) is 25.7. The molecule has 0 bridgehead atoms. The molecule has 2 aliphatic carbocycles. The molecule has 2 aliphatic rings. The van der Waals surface area contributed by atoms with Crippen molar-refractivity contribution in [2.45, 2.75) is 68.7 Å². The van der Waals surface area contributed by atoms with Gasteiger partial charge in [0.1, 0.15) is 18.0 Å². The van der Waals surface area contributed by atoms with E-state index < -0.39 is 17.9 Å². The SMILES string of the molecule is C#[N+][C@@]1(n2cc(C3CCCC3)c3c(N)ncnc32)C[C@H](CCc2ccc3ccc(N)nc3c2)[C@@H](O)[C@H]1O. The number of aryl methyl sites for hydroxylation is 1. The number of anilines is 2. The van der Waals surface area contributed by atoms with Crippen molar-refractivity contribution >= 4 is 33.6 Å². The predicted octanol–water partition coefficient (Wildman–Crippen LogP) is 3.79. The summed E-state index contributed by atoms with van der Waals surface area (Å²) < 4.78 is 1.84. The van der Waals surface area contributed by atoms with Gasteiger partial charge >= 0.3 is 5.66 Å². The molecule has 9 nitrogen and oxygen atoms in total. The van der Waals surface area contributed by atoms with Crippen molar-refractivity contribution < 1.29 is 10.2 Å². The minimum absolute atomic E-state index is 0.224. The van der Waals surface area contributed by atoms with E-state index in [9.17, 15) is 10.2 Å². The van der Waals surface area contributed by atoms with Gasteiger partial charge in [0.2, 0.25) is 0 Å². The van der Waals surface area contributed by atoms with E-state index in [-0.39, 0.29) is 5.92 Å². The van der Waals surface area contributed by atoms with E-state index in [2.05, 4.69) is 25.9 Å². The maximum absolute atomic E-state index is 11.4. The van der Waals surface area contributed by atoms with Gasteiger partial charge in [-0.3, -0.25) is 4.57 Å². The summed E-state index contributed by atoms with van der Waals surface area (Å²) in [5, 5.41) is 24.3. The fourth-order valence-electron chi connectivity index (χ4n) is 6.51. The van der Waals surface area contributed by atoms with E-state index in [4.69, 9.17) is 18.0 Å². The molecule has 190 valence electrons. The minimum Gasteiger partial charge on any atom is -0.390 e. The Kier molecular flexibility index (Phi) is 5.74. The van der Waals surface area contributed by atoms with Crippen molar-refractivity contribution in [2.75, 3.05) is 11.5 Å². The lowest BCUT2D eigenvalue weighted by atomic mass is 9.95. The topological polar surface area (TPSA) is 140 Å². The van der Waals surface area contributed by atoms with Crippen LogP contribution in [-0.2, 0) is 12.1 Å². The minimum atomic E-state index is -1.25. The van der Waals surface area contributed by atoms with Crippen LogP contribution in [0.2, 0.25) is 0 Å².